The van der Waals surface area contributed by atoms with E-state index in [0.29, 0.717) is 40.2 Å². The molecule has 9 nitrogen and oxygen atoms in total. The number of ether oxygens (including phenoxy) is 2. The molecule has 0 spiro atoms. The summed E-state index contributed by atoms with van der Waals surface area (Å²) in [6.07, 6.45) is 3.23. The van der Waals surface area contributed by atoms with Crippen LogP contribution in [0.5, 0.6) is 5.75 Å². The van der Waals surface area contributed by atoms with Crippen molar-refractivity contribution in [3.63, 3.8) is 0 Å². The quantitative estimate of drug-likeness (QED) is 0.104. The number of carbonyl (C=O) groups is 3. The van der Waals surface area contributed by atoms with Gasteiger partial charge in [0.1, 0.15) is 17.2 Å². The van der Waals surface area contributed by atoms with Crippen LogP contribution in [0.3, 0.4) is 0 Å². The molecule has 1 heterocycles. The summed E-state index contributed by atoms with van der Waals surface area (Å²) in [5.74, 6) is -0.496. The van der Waals surface area contributed by atoms with Crippen LogP contribution in [-0.4, -0.2) is 60.4 Å². The summed E-state index contributed by atoms with van der Waals surface area (Å²) < 4.78 is 25.9. The zero-order chi connectivity index (χ0) is 35.3. The molecule has 0 aromatic heterocycles. The van der Waals surface area contributed by atoms with Gasteiger partial charge in [0.25, 0.3) is 5.91 Å². The Morgan fingerprint density at radius 3 is 2.33 bits per heavy atom. The predicted octanol–water partition coefficient (Wildman–Crippen LogP) is 7.03. The molecule has 2 aromatic rings. The van der Waals surface area contributed by atoms with E-state index in [0.717, 1.165) is 30.4 Å². The van der Waals surface area contributed by atoms with Gasteiger partial charge < -0.3 is 30.3 Å². The molecule has 0 fully saturated rings. The second-order valence-electron chi connectivity index (χ2n) is 12.3. The highest BCUT2D eigenvalue weighted by atomic mass is 35.5. The number of methoxy groups -OCH3 is 1. The van der Waals surface area contributed by atoms with Gasteiger partial charge in [-0.1, -0.05) is 48.9 Å². The minimum absolute atomic E-state index is 0.138. The van der Waals surface area contributed by atoms with Gasteiger partial charge in [-0.3, -0.25) is 9.59 Å². The van der Waals surface area contributed by atoms with E-state index in [9.17, 15) is 14.4 Å². The number of allylic oxidation sites excluding steroid dienone is 2. The number of benzene rings is 2. The van der Waals surface area contributed by atoms with E-state index >= 15 is 4.39 Å². The predicted molar refractivity (Wildman–Crippen MR) is 190 cm³/mol. The molecule has 1 aliphatic heterocycles. The van der Waals surface area contributed by atoms with Crippen molar-refractivity contribution in [2.24, 2.45) is 0 Å². The summed E-state index contributed by atoms with van der Waals surface area (Å²) in [6.45, 7) is 12.4. The standard InChI is InChI=1S/C36H46ClFN4O5S/c1-24(33(43)41-21-26-12-16-29(46-6)17-13-26)30(38)20-32-25(2)42(22-27-10-14-28(37)15-11-27)34(44)31(23-48-32)39-18-8-7-9-19-40-35(45)47-36(3,4)5/h10-17,20,31,39H,1,7-9,18-19,21-23H2,2-6H3,(H,40,45)(H,41,43)/b30-20+/t31-/m0/s1. The van der Waals surface area contributed by atoms with Crippen LogP contribution in [0.2, 0.25) is 5.02 Å². The number of rotatable bonds is 15. The van der Waals surface area contributed by atoms with Gasteiger partial charge in [-0.25, -0.2) is 9.18 Å². The minimum atomic E-state index is -0.783. The molecule has 1 atom stereocenters. The number of halogens is 2. The number of hydrogen-bond donors (Lipinski definition) is 3. The minimum Gasteiger partial charge on any atom is -0.497 e. The molecule has 0 bridgehead atoms. The Kier molecular flexibility index (Phi) is 15.0. The lowest BCUT2D eigenvalue weighted by molar-refractivity contribution is -0.131. The molecular weight excluding hydrogens is 655 g/mol. The molecule has 3 rings (SSSR count). The molecular formula is C36H46ClFN4O5S. The molecule has 1 aliphatic rings. The van der Waals surface area contributed by atoms with Crippen LogP contribution in [0.25, 0.3) is 0 Å². The Morgan fingerprint density at radius 2 is 1.69 bits per heavy atom. The fourth-order valence-corrected chi connectivity index (χ4v) is 5.89. The average Bonchev–Trinajstić information content (AvgIpc) is 3.15. The van der Waals surface area contributed by atoms with Crippen molar-refractivity contribution < 1.29 is 28.2 Å². The number of unbranched alkanes of at least 4 members (excludes halogenated alkanes) is 2. The third-order valence-corrected chi connectivity index (χ3v) is 8.81. The molecule has 48 heavy (non-hydrogen) atoms. The molecule has 0 aliphatic carbocycles. The Balaban J connectivity index is 1.64. The van der Waals surface area contributed by atoms with Crippen molar-refractivity contribution in [2.45, 2.75) is 71.7 Å². The summed E-state index contributed by atoms with van der Waals surface area (Å²) in [5, 5.41) is 9.40. The topological polar surface area (TPSA) is 109 Å². The fraction of sp³-hybridized carbons (Fsp3) is 0.417. The summed E-state index contributed by atoms with van der Waals surface area (Å²) in [6, 6.07) is 13.9. The van der Waals surface area contributed by atoms with Crippen LogP contribution >= 0.6 is 23.4 Å². The summed E-state index contributed by atoms with van der Waals surface area (Å²) in [4.78, 5) is 40.6. The van der Waals surface area contributed by atoms with Gasteiger partial charge in [0.05, 0.1) is 25.3 Å². The number of thioether (sulfide) groups is 1. The first-order valence-electron chi connectivity index (χ1n) is 15.8. The largest absolute Gasteiger partial charge is 0.497 e. The lowest BCUT2D eigenvalue weighted by Crippen LogP contribution is -2.46. The molecule has 2 aromatic carbocycles. The van der Waals surface area contributed by atoms with E-state index in [2.05, 4.69) is 22.5 Å². The van der Waals surface area contributed by atoms with Crippen LogP contribution in [0.1, 0.15) is 58.1 Å². The van der Waals surface area contributed by atoms with E-state index in [1.807, 2.05) is 45.0 Å². The highest BCUT2D eigenvalue weighted by Gasteiger charge is 2.30. The highest BCUT2D eigenvalue weighted by Crippen LogP contribution is 2.32. The van der Waals surface area contributed by atoms with Gasteiger partial charge in [-0.15, -0.1) is 11.8 Å². The van der Waals surface area contributed by atoms with Gasteiger partial charge in [0.2, 0.25) is 5.91 Å². The Morgan fingerprint density at radius 1 is 1.04 bits per heavy atom. The van der Waals surface area contributed by atoms with Crippen molar-refractivity contribution >= 4 is 41.3 Å². The monoisotopic (exact) mass is 700 g/mol. The third-order valence-electron chi connectivity index (χ3n) is 7.33. The van der Waals surface area contributed by atoms with E-state index in [4.69, 9.17) is 21.1 Å². The van der Waals surface area contributed by atoms with Crippen molar-refractivity contribution in [2.75, 3.05) is 26.0 Å². The molecule has 12 heteroatoms. The first kappa shape index (κ1) is 38.6. The maximum atomic E-state index is 15.5. The zero-order valence-corrected chi connectivity index (χ0v) is 29.9. The fourth-order valence-electron chi connectivity index (χ4n) is 4.65. The van der Waals surface area contributed by atoms with Gasteiger partial charge in [-0.05, 0) is 88.5 Å². The number of alkyl carbamates (subject to hydrolysis) is 1. The number of hydrogen-bond acceptors (Lipinski definition) is 7. The molecule has 3 N–H and O–H groups in total. The molecule has 0 unspecified atom stereocenters. The van der Waals surface area contributed by atoms with Crippen molar-refractivity contribution in [1.29, 1.82) is 0 Å². The SMILES string of the molecule is C=C(C(=O)NCc1ccc(OC)cc1)/C(F)=C\C1=C(C)N(Cc2ccc(Cl)cc2)C(=O)[C@@H](NCCCCCNC(=O)OC(C)(C)C)CS1. The van der Waals surface area contributed by atoms with Gasteiger partial charge in [-0.2, -0.15) is 0 Å². The number of carbonyl (C=O) groups excluding carboxylic acids is 3. The number of nitrogens with one attached hydrogen (secondary N) is 3. The van der Waals surface area contributed by atoms with Crippen LogP contribution < -0.4 is 20.7 Å². The van der Waals surface area contributed by atoms with Crippen molar-refractivity contribution in [3.05, 3.63) is 99.3 Å². The van der Waals surface area contributed by atoms with Crippen molar-refractivity contribution in [1.82, 2.24) is 20.9 Å². The molecule has 0 saturated heterocycles. The van der Waals surface area contributed by atoms with E-state index in [-0.39, 0.29) is 24.6 Å². The third kappa shape index (κ3) is 12.7. The Labute approximate surface area is 292 Å². The van der Waals surface area contributed by atoms with Crippen LogP contribution in [-0.2, 0) is 27.4 Å². The highest BCUT2D eigenvalue weighted by molar-refractivity contribution is 8.03. The van der Waals surface area contributed by atoms with E-state index < -0.39 is 29.5 Å². The molecule has 0 radical (unpaired) electrons. The van der Waals surface area contributed by atoms with E-state index in [1.165, 1.54) is 17.8 Å². The smallest absolute Gasteiger partial charge is 0.407 e. The lowest BCUT2D eigenvalue weighted by Gasteiger charge is -2.26. The Bertz CT molecular complexity index is 1490. The summed E-state index contributed by atoms with van der Waals surface area (Å²) >= 11 is 7.43. The van der Waals surface area contributed by atoms with Crippen LogP contribution in [0, 0.1) is 0 Å². The average molecular weight is 701 g/mol. The molecule has 0 saturated carbocycles. The first-order chi connectivity index (χ1) is 22.8. The number of nitrogens with zero attached hydrogens (tertiary/aromatic N) is 1. The number of amides is 3. The molecule has 260 valence electrons. The normalized spacial score (nSPS) is 15.6. The lowest BCUT2D eigenvalue weighted by atomic mass is 10.1. The maximum absolute atomic E-state index is 15.5. The van der Waals surface area contributed by atoms with Gasteiger partial charge in [0.15, 0.2) is 0 Å². The Hall–Kier alpha value is -3.80. The van der Waals surface area contributed by atoms with Gasteiger partial charge in [0, 0.05) is 34.5 Å². The van der Waals surface area contributed by atoms with Crippen molar-refractivity contribution in [3.8, 4) is 5.75 Å². The summed E-state index contributed by atoms with van der Waals surface area (Å²) in [5.41, 5.74) is 1.40. The zero-order valence-electron chi connectivity index (χ0n) is 28.3. The van der Waals surface area contributed by atoms with Crippen LogP contribution in [0.15, 0.2) is 83.2 Å². The van der Waals surface area contributed by atoms with Crippen LogP contribution in [0.4, 0.5) is 9.18 Å². The summed E-state index contributed by atoms with van der Waals surface area (Å²) in [7, 11) is 1.57. The van der Waals surface area contributed by atoms with Gasteiger partial charge >= 0.3 is 6.09 Å². The molecule has 3 amide bonds. The maximum Gasteiger partial charge on any atom is 0.407 e. The first-order valence-corrected chi connectivity index (χ1v) is 17.2. The second kappa shape index (κ2) is 18.7. The van der Waals surface area contributed by atoms with E-state index in [1.54, 1.807) is 43.2 Å². The second-order valence-corrected chi connectivity index (χ2v) is 13.8.